The number of aryl methyl sites for hydroxylation is 2. The zero-order chi connectivity index (χ0) is 19.1. The Kier molecular flexibility index (Phi) is 6.92. The molecule has 0 aliphatic heterocycles. The number of carbonyl (C=O) groups excluding carboxylic acids is 3. The predicted molar refractivity (Wildman–Crippen MR) is 101 cm³/mol. The Morgan fingerprint density at radius 2 is 1.69 bits per heavy atom. The summed E-state index contributed by atoms with van der Waals surface area (Å²) in [5, 5.41) is 3.24. The lowest BCUT2D eigenvalue weighted by Crippen LogP contribution is -2.21. The van der Waals surface area contributed by atoms with Crippen LogP contribution in [0, 0.1) is 13.8 Å². The summed E-state index contributed by atoms with van der Waals surface area (Å²) in [6, 6.07) is 12.1. The van der Waals surface area contributed by atoms with Gasteiger partial charge in [0.25, 0.3) is 5.91 Å². The van der Waals surface area contributed by atoms with Gasteiger partial charge in [-0.05, 0) is 55.3 Å². The molecule has 1 N–H and O–H groups in total. The SMILES string of the molecule is Cc1ccc(C)c(NC(=O)COC(=O)CCC(=O)c2ccc(Cl)cc2)c1. The third kappa shape index (κ3) is 6.01. The molecule has 0 aromatic heterocycles. The minimum atomic E-state index is -0.594. The van der Waals surface area contributed by atoms with Gasteiger partial charge in [-0.2, -0.15) is 0 Å². The fourth-order valence-electron chi connectivity index (χ4n) is 2.27. The Balaban J connectivity index is 1.75. The second-order valence-electron chi connectivity index (χ2n) is 5.96. The van der Waals surface area contributed by atoms with E-state index in [2.05, 4.69) is 5.32 Å². The number of ether oxygens (including phenoxy) is 1. The number of rotatable bonds is 7. The van der Waals surface area contributed by atoms with E-state index in [4.69, 9.17) is 16.3 Å². The molecule has 0 radical (unpaired) electrons. The second kappa shape index (κ2) is 9.15. The van der Waals surface area contributed by atoms with E-state index < -0.39 is 11.9 Å². The summed E-state index contributed by atoms with van der Waals surface area (Å²) in [5.41, 5.74) is 3.10. The fraction of sp³-hybridized carbons (Fsp3) is 0.250. The van der Waals surface area contributed by atoms with Crippen molar-refractivity contribution < 1.29 is 19.1 Å². The molecule has 136 valence electrons. The number of esters is 1. The standard InChI is InChI=1S/C20H20ClNO4/c1-13-3-4-14(2)17(11-13)22-19(24)12-26-20(25)10-9-18(23)15-5-7-16(21)8-6-15/h3-8,11H,9-10,12H2,1-2H3,(H,22,24). The molecule has 0 aliphatic carbocycles. The summed E-state index contributed by atoms with van der Waals surface area (Å²) >= 11 is 5.77. The van der Waals surface area contributed by atoms with Crippen LogP contribution in [0.1, 0.15) is 34.3 Å². The highest BCUT2D eigenvalue weighted by Gasteiger charge is 2.12. The lowest BCUT2D eigenvalue weighted by Gasteiger charge is -2.10. The van der Waals surface area contributed by atoms with Crippen LogP contribution in [-0.2, 0) is 14.3 Å². The molecule has 0 aliphatic rings. The quantitative estimate of drug-likeness (QED) is 0.585. The Hall–Kier alpha value is -2.66. The highest BCUT2D eigenvalue weighted by Crippen LogP contribution is 2.16. The summed E-state index contributed by atoms with van der Waals surface area (Å²) in [6.07, 6.45) is -0.0721. The van der Waals surface area contributed by atoms with Crippen LogP contribution in [-0.4, -0.2) is 24.3 Å². The van der Waals surface area contributed by atoms with Gasteiger partial charge in [0.15, 0.2) is 12.4 Å². The first-order valence-corrected chi connectivity index (χ1v) is 8.54. The van der Waals surface area contributed by atoms with Crippen LogP contribution >= 0.6 is 11.6 Å². The van der Waals surface area contributed by atoms with E-state index >= 15 is 0 Å². The van der Waals surface area contributed by atoms with Crippen LogP contribution < -0.4 is 5.32 Å². The van der Waals surface area contributed by atoms with Gasteiger partial charge in [-0.15, -0.1) is 0 Å². The van der Waals surface area contributed by atoms with Crippen LogP contribution in [0.5, 0.6) is 0 Å². The molecule has 0 saturated carbocycles. The summed E-state index contributed by atoms with van der Waals surface area (Å²) in [5.74, 6) is -1.20. The largest absolute Gasteiger partial charge is 0.456 e. The highest BCUT2D eigenvalue weighted by molar-refractivity contribution is 6.30. The van der Waals surface area contributed by atoms with Crippen molar-refractivity contribution >= 4 is 34.9 Å². The summed E-state index contributed by atoms with van der Waals surface area (Å²) in [6.45, 7) is 3.41. The zero-order valence-corrected chi connectivity index (χ0v) is 15.4. The van der Waals surface area contributed by atoms with Crippen molar-refractivity contribution in [3.05, 3.63) is 64.2 Å². The average Bonchev–Trinajstić information content (AvgIpc) is 2.61. The second-order valence-corrected chi connectivity index (χ2v) is 6.39. The molecule has 0 bridgehead atoms. The number of carbonyl (C=O) groups is 3. The molecule has 2 aromatic rings. The minimum Gasteiger partial charge on any atom is -0.456 e. The minimum absolute atomic E-state index is 0.0130. The molecular formula is C20H20ClNO4. The van der Waals surface area contributed by atoms with Gasteiger partial charge in [0, 0.05) is 22.7 Å². The van der Waals surface area contributed by atoms with Gasteiger partial charge < -0.3 is 10.1 Å². The molecule has 0 saturated heterocycles. The molecule has 0 unspecified atom stereocenters. The number of Topliss-reactive ketones (excluding diaryl/α,β-unsaturated/α-hetero) is 1. The lowest BCUT2D eigenvalue weighted by atomic mass is 10.1. The van der Waals surface area contributed by atoms with E-state index in [1.807, 2.05) is 32.0 Å². The number of amides is 1. The first-order chi connectivity index (χ1) is 12.3. The van der Waals surface area contributed by atoms with Crippen LogP contribution in [0.4, 0.5) is 5.69 Å². The maximum Gasteiger partial charge on any atom is 0.306 e. The normalized spacial score (nSPS) is 10.3. The van der Waals surface area contributed by atoms with Gasteiger partial charge in [0.05, 0.1) is 6.42 Å². The molecule has 5 nitrogen and oxygen atoms in total. The van der Waals surface area contributed by atoms with Gasteiger partial charge >= 0.3 is 5.97 Å². The van der Waals surface area contributed by atoms with Crippen LogP contribution in [0.3, 0.4) is 0 Å². The molecule has 0 atom stereocenters. The summed E-state index contributed by atoms with van der Waals surface area (Å²) < 4.78 is 4.93. The number of benzene rings is 2. The number of halogens is 1. The number of hydrogen-bond acceptors (Lipinski definition) is 4. The molecule has 2 rings (SSSR count). The first kappa shape index (κ1) is 19.7. The number of anilines is 1. The third-order valence-electron chi connectivity index (χ3n) is 3.75. The van der Waals surface area contributed by atoms with Gasteiger partial charge in [-0.1, -0.05) is 23.7 Å². The predicted octanol–water partition coefficient (Wildman–Crippen LogP) is 4.10. The number of ketones is 1. The Bertz CT molecular complexity index is 815. The van der Waals surface area contributed by atoms with Gasteiger partial charge in [0.2, 0.25) is 0 Å². The van der Waals surface area contributed by atoms with Crippen molar-refractivity contribution in [1.29, 1.82) is 0 Å². The summed E-state index contributed by atoms with van der Waals surface area (Å²) in [7, 11) is 0. The van der Waals surface area contributed by atoms with Crippen molar-refractivity contribution in [2.24, 2.45) is 0 Å². The van der Waals surface area contributed by atoms with Crippen molar-refractivity contribution in [3.63, 3.8) is 0 Å². The van der Waals surface area contributed by atoms with Gasteiger partial charge in [-0.25, -0.2) is 0 Å². The number of hydrogen-bond donors (Lipinski definition) is 1. The van der Waals surface area contributed by atoms with Crippen LogP contribution in [0.2, 0.25) is 5.02 Å². The molecular weight excluding hydrogens is 354 g/mol. The van der Waals surface area contributed by atoms with E-state index in [1.165, 1.54) is 0 Å². The van der Waals surface area contributed by atoms with E-state index in [0.29, 0.717) is 16.3 Å². The molecule has 0 spiro atoms. The van der Waals surface area contributed by atoms with E-state index in [0.717, 1.165) is 11.1 Å². The average molecular weight is 374 g/mol. The van der Waals surface area contributed by atoms with Gasteiger partial charge in [0.1, 0.15) is 0 Å². The Morgan fingerprint density at radius 1 is 1.00 bits per heavy atom. The van der Waals surface area contributed by atoms with Crippen molar-refractivity contribution in [2.75, 3.05) is 11.9 Å². The van der Waals surface area contributed by atoms with Crippen LogP contribution in [0.25, 0.3) is 0 Å². The smallest absolute Gasteiger partial charge is 0.306 e. The maximum absolute atomic E-state index is 12.0. The van der Waals surface area contributed by atoms with E-state index in [1.54, 1.807) is 24.3 Å². The Labute approximate surface area is 157 Å². The van der Waals surface area contributed by atoms with Crippen molar-refractivity contribution in [1.82, 2.24) is 0 Å². The summed E-state index contributed by atoms with van der Waals surface area (Å²) in [4.78, 5) is 35.6. The molecule has 1 amide bonds. The third-order valence-corrected chi connectivity index (χ3v) is 4.01. The highest BCUT2D eigenvalue weighted by atomic mass is 35.5. The van der Waals surface area contributed by atoms with Crippen molar-refractivity contribution in [3.8, 4) is 0 Å². The first-order valence-electron chi connectivity index (χ1n) is 8.16. The van der Waals surface area contributed by atoms with E-state index in [-0.39, 0.29) is 25.2 Å². The monoisotopic (exact) mass is 373 g/mol. The zero-order valence-electron chi connectivity index (χ0n) is 14.7. The molecule has 0 fully saturated rings. The lowest BCUT2D eigenvalue weighted by molar-refractivity contribution is -0.147. The van der Waals surface area contributed by atoms with Gasteiger partial charge in [-0.3, -0.25) is 14.4 Å². The van der Waals surface area contributed by atoms with Crippen LogP contribution in [0.15, 0.2) is 42.5 Å². The number of nitrogens with one attached hydrogen (secondary N) is 1. The molecule has 2 aromatic carbocycles. The molecule has 6 heteroatoms. The topological polar surface area (TPSA) is 72.5 Å². The molecule has 26 heavy (non-hydrogen) atoms. The Morgan fingerprint density at radius 3 is 2.38 bits per heavy atom. The van der Waals surface area contributed by atoms with Crippen molar-refractivity contribution in [2.45, 2.75) is 26.7 Å². The molecule has 0 heterocycles. The fourth-order valence-corrected chi connectivity index (χ4v) is 2.40. The van der Waals surface area contributed by atoms with E-state index in [9.17, 15) is 14.4 Å². The maximum atomic E-state index is 12.0.